The summed E-state index contributed by atoms with van der Waals surface area (Å²) in [5, 5.41) is 3.95. The number of fused-ring (bicyclic) bond motifs is 2. The van der Waals surface area contributed by atoms with Crippen molar-refractivity contribution in [3.63, 3.8) is 0 Å². The van der Waals surface area contributed by atoms with E-state index in [4.69, 9.17) is 18.9 Å². The van der Waals surface area contributed by atoms with E-state index in [1.807, 2.05) is 54.7 Å². The number of rotatable bonds is 6. The van der Waals surface area contributed by atoms with E-state index in [1.54, 1.807) is 28.4 Å². The number of para-hydroxylation sites is 2. The first-order valence-electron chi connectivity index (χ1n) is 10.5. The number of carbonyl (C=O) groups is 1. The quantitative estimate of drug-likeness (QED) is 0.440. The Morgan fingerprint density at radius 2 is 1.36 bits per heavy atom. The topological polar surface area (TPSA) is 81.8 Å². The van der Waals surface area contributed by atoms with Gasteiger partial charge in [0.25, 0.3) is 0 Å². The van der Waals surface area contributed by atoms with Gasteiger partial charge in [-0.3, -0.25) is 4.79 Å². The molecule has 1 atom stereocenters. The summed E-state index contributed by atoms with van der Waals surface area (Å²) in [6.07, 6.45) is 1.90. The summed E-state index contributed by atoms with van der Waals surface area (Å²) in [6, 6.07) is 15.5. The second-order valence-electron chi connectivity index (χ2n) is 7.68. The molecule has 0 saturated heterocycles. The van der Waals surface area contributed by atoms with Crippen molar-refractivity contribution in [3.8, 4) is 34.1 Å². The highest BCUT2D eigenvalue weighted by Crippen LogP contribution is 2.58. The van der Waals surface area contributed by atoms with Gasteiger partial charge in [0.1, 0.15) is 0 Å². The molecule has 0 unspecified atom stereocenters. The average Bonchev–Trinajstić information content (AvgIpc) is 3.42. The van der Waals surface area contributed by atoms with Crippen LogP contribution in [-0.2, 0) is 4.79 Å². The number of H-pyrrole nitrogens is 1. The van der Waals surface area contributed by atoms with Gasteiger partial charge in [-0.1, -0.05) is 36.4 Å². The molecule has 0 aliphatic carbocycles. The molecule has 2 heterocycles. The number of hydrogen-bond donors (Lipinski definition) is 2. The van der Waals surface area contributed by atoms with Crippen LogP contribution < -0.4 is 24.3 Å². The van der Waals surface area contributed by atoms with Crippen molar-refractivity contribution in [1.29, 1.82) is 0 Å². The molecule has 5 rings (SSSR count). The summed E-state index contributed by atoms with van der Waals surface area (Å²) < 4.78 is 23.6. The van der Waals surface area contributed by atoms with Crippen molar-refractivity contribution in [1.82, 2.24) is 4.98 Å². The van der Waals surface area contributed by atoms with E-state index in [9.17, 15) is 4.79 Å². The fourth-order valence-corrected chi connectivity index (χ4v) is 4.75. The third kappa shape index (κ3) is 3.00. The molecular formula is C26H24N2O5. The Morgan fingerprint density at radius 3 is 2.03 bits per heavy atom. The standard InChI is InChI=1S/C26H24N2O5/c1-30-22-20(16-13-27-17-11-7-5-9-14(16)17)23(31-2)25(33-4)21(24(22)32-3)19-15-10-6-8-12-18(15)28-26(19)29/h5-13,19,27H,1-4H3,(H,28,29)/t19-/m0/s1. The van der Waals surface area contributed by atoms with E-state index in [0.717, 1.165) is 27.7 Å². The van der Waals surface area contributed by atoms with Crippen LogP contribution >= 0.6 is 0 Å². The molecule has 2 N–H and O–H groups in total. The molecule has 168 valence electrons. The lowest BCUT2D eigenvalue weighted by Gasteiger charge is -2.25. The predicted molar refractivity (Wildman–Crippen MR) is 127 cm³/mol. The van der Waals surface area contributed by atoms with Gasteiger partial charge in [0, 0.05) is 28.4 Å². The third-order valence-corrected chi connectivity index (χ3v) is 6.11. The number of amides is 1. The molecular weight excluding hydrogens is 420 g/mol. The molecule has 1 amide bonds. The van der Waals surface area contributed by atoms with Gasteiger partial charge in [0.05, 0.1) is 45.5 Å². The largest absolute Gasteiger partial charge is 0.492 e. The lowest BCUT2D eigenvalue weighted by molar-refractivity contribution is -0.116. The van der Waals surface area contributed by atoms with Gasteiger partial charge in [-0.05, 0) is 17.7 Å². The van der Waals surface area contributed by atoms with Crippen LogP contribution in [0.3, 0.4) is 0 Å². The van der Waals surface area contributed by atoms with Gasteiger partial charge in [0.15, 0.2) is 23.0 Å². The highest BCUT2D eigenvalue weighted by molar-refractivity contribution is 6.07. The number of hydrogen-bond acceptors (Lipinski definition) is 5. The van der Waals surface area contributed by atoms with Crippen LogP contribution in [0.25, 0.3) is 22.0 Å². The lowest BCUT2D eigenvalue weighted by atomic mass is 9.88. The Labute approximate surface area is 191 Å². The van der Waals surface area contributed by atoms with Gasteiger partial charge < -0.3 is 29.2 Å². The Bertz CT molecular complexity index is 1340. The Balaban J connectivity index is 1.88. The molecule has 7 heteroatoms. The summed E-state index contributed by atoms with van der Waals surface area (Å²) in [5.74, 6) is 0.960. The van der Waals surface area contributed by atoms with Crippen molar-refractivity contribution in [2.75, 3.05) is 33.8 Å². The van der Waals surface area contributed by atoms with Crippen molar-refractivity contribution in [2.45, 2.75) is 5.92 Å². The van der Waals surface area contributed by atoms with Gasteiger partial charge in [-0.2, -0.15) is 0 Å². The van der Waals surface area contributed by atoms with Gasteiger partial charge in [0.2, 0.25) is 5.91 Å². The second-order valence-corrected chi connectivity index (χ2v) is 7.68. The number of ether oxygens (including phenoxy) is 4. The maximum absolute atomic E-state index is 13.1. The molecule has 0 fully saturated rings. The van der Waals surface area contributed by atoms with Crippen LogP contribution in [-0.4, -0.2) is 39.3 Å². The third-order valence-electron chi connectivity index (χ3n) is 6.11. The Hall–Kier alpha value is -4.13. The predicted octanol–water partition coefficient (Wildman–Crippen LogP) is 4.95. The van der Waals surface area contributed by atoms with E-state index >= 15 is 0 Å². The summed E-state index contributed by atoms with van der Waals surface area (Å²) >= 11 is 0. The number of carbonyl (C=O) groups excluding carboxylic acids is 1. The fraction of sp³-hybridized carbons (Fsp3) is 0.192. The minimum absolute atomic E-state index is 0.170. The number of benzene rings is 3. The molecule has 0 spiro atoms. The van der Waals surface area contributed by atoms with E-state index in [2.05, 4.69) is 10.3 Å². The maximum atomic E-state index is 13.1. The Morgan fingerprint density at radius 1 is 0.758 bits per heavy atom. The van der Waals surface area contributed by atoms with Gasteiger partial charge in [-0.25, -0.2) is 0 Å². The first-order valence-corrected chi connectivity index (χ1v) is 10.5. The molecule has 7 nitrogen and oxygen atoms in total. The van der Waals surface area contributed by atoms with Crippen LogP contribution in [0, 0.1) is 0 Å². The highest BCUT2D eigenvalue weighted by Gasteiger charge is 2.40. The summed E-state index contributed by atoms with van der Waals surface area (Å²) in [5.41, 5.74) is 4.68. The molecule has 4 aromatic rings. The Kier molecular flexibility index (Phi) is 5.09. The first kappa shape index (κ1) is 20.8. The normalized spacial score (nSPS) is 14.7. The number of anilines is 1. The zero-order valence-electron chi connectivity index (χ0n) is 18.8. The monoisotopic (exact) mass is 444 g/mol. The zero-order chi connectivity index (χ0) is 23.1. The molecule has 1 aliphatic heterocycles. The second kappa shape index (κ2) is 8.09. The number of aromatic nitrogens is 1. The summed E-state index contributed by atoms with van der Waals surface area (Å²) in [7, 11) is 6.28. The molecule has 33 heavy (non-hydrogen) atoms. The molecule has 0 bridgehead atoms. The van der Waals surface area contributed by atoms with Crippen LogP contribution in [0.2, 0.25) is 0 Å². The van der Waals surface area contributed by atoms with E-state index < -0.39 is 5.92 Å². The summed E-state index contributed by atoms with van der Waals surface area (Å²) in [4.78, 5) is 16.4. The SMILES string of the molecule is COc1c(OC)c([C@H]2C(=O)Nc3ccccc32)c(OC)c(OC)c1-c1c[nH]c2ccccc12. The first-order chi connectivity index (χ1) is 16.1. The summed E-state index contributed by atoms with van der Waals surface area (Å²) in [6.45, 7) is 0. The van der Waals surface area contributed by atoms with Crippen LogP contribution in [0.1, 0.15) is 17.0 Å². The molecule has 3 aromatic carbocycles. The van der Waals surface area contributed by atoms with Crippen LogP contribution in [0.4, 0.5) is 5.69 Å². The van der Waals surface area contributed by atoms with Crippen LogP contribution in [0.5, 0.6) is 23.0 Å². The van der Waals surface area contributed by atoms with Crippen LogP contribution in [0.15, 0.2) is 54.7 Å². The molecule has 1 aromatic heterocycles. The zero-order valence-corrected chi connectivity index (χ0v) is 18.8. The van der Waals surface area contributed by atoms with Crippen molar-refractivity contribution >= 4 is 22.5 Å². The molecule has 1 aliphatic rings. The fourth-order valence-electron chi connectivity index (χ4n) is 4.75. The van der Waals surface area contributed by atoms with E-state index in [-0.39, 0.29) is 5.91 Å². The minimum Gasteiger partial charge on any atom is -0.492 e. The number of methoxy groups -OCH3 is 4. The number of nitrogens with one attached hydrogen (secondary N) is 2. The average molecular weight is 444 g/mol. The molecule has 0 saturated carbocycles. The molecule has 0 radical (unpaired) electrons. The van der Waals surface area contributed by atoms with Crippen molar-refractivity contribution in [2.24, 2.45) is 0 Å². The smallest absolute Gasteiger partial charge is 0.236 e. The lowest BCUT2D eigenvalue weighted by Crippen LogP contribution is -2.16. The van der Waals surface area contributed by atoms with E-state index in [0.29, 0.717) is 34.1 Å². The van der Waals surface area contributed by atoms with Gasteiger partial charge >= 0.3 is 0 Å². The van der Waals surface area contributed by atoms with Crippen molar-refractivity contribution in [3.05, 3.63) is 65.9 Å². The number of aromatic amines is 1. The highest BCUT2D eigenvalue weighted by atomic mass is 16.5. The maximum Gasteiger partial charge on any atom is 0.236 e. The minimum atomic E-state index is -0.647. The van der Waals surface area contributed by atoms with Crippen molar-refractivity contribution < 1.29 is 23.7 Å². The van der Waals surface area contributed by atoms with E-state index in [1.165, 1.54) is 0 Å². The van der Waals surface area contributed by atoms with Gasteiger partial charge in [-0.15, -0.1) is 0 Å².